The van der Waals surface area contributed by atoms with Gasteiger partial charge in [-0.3, -0.25) is 4.79 Å². The number of nitrogens with one attached hydrogen (secondary N) is 1. The zero-order valence-corrected chi connectivity index (χ0v) is 11.0. The molecule has 0 atom stereocenters. The molecule has 0 bridgehead atoms. The summed E-state index contributed by atoms with van der Waals surface area (Å²) in [6, 6.07) is 5.95. The van der Waals surface area contributed by atoms with E-state index in [9.17, 15) is 9.18 Å². The van der Waals surface area contributed by atoms with Crippen molar-refractivity contribution in [2.45, 2.75) is 6.92 Å². The van der Waals surface area contributed by atoms with Crippen molar-refractivity contribution < 1.29 is 9.18 Å². The molecule has 0 radical (unpaired) electrons. The van der Waals surface area contributed by atoms with Crippen LogP contribution in [0.15, 0.2) is 34.9 Å². The van der Waals surface area contributed by atoms with Gasteiger partial charge >= 0.3 is 0 Å². The van der Waals surface area contributed by atoms with Crippen LogP contribution >= 0.6 is 15.9 Å². The predicted octanol–water partition coefficient (Wildman–Crippen LogP) is 2.94. The second-order valence-electron chi connectivity index (χ2n) is 3.59. The number of aryl methyl sites for hydroxylation is 1. The van der Waals surface area contributed by atoms with E-state index >= 15 is 0 Å². The molecule has 92 valence electrons. The third kappa shape index (κ3) is 2.89. The molecule has 0 aliphatic rings. The Kier molecular flexibility index (Phi) is 3.66. The fraction of sp³-hybridized carbons (Fsp3) is 0.0833. The van der Waals surface area contributed by atoms with Gasteiger partial charge in [-0.25, -0.2) is 9.97 Å². The Balaban J connectivity index is 2.18. The Bertz CT molecular complexity index is 604. The monoisotopic (exact) mass is 309 g/mol. The SMILES string of the molecule is Cc1nc(NC(=O)c2ccnc(F)c2)ccc1Br. The molecular weight excluding hydrogens is 301 g/mol. The molecule has 0 spiro atoms. The van der Waals surface area contributed by atoms with E-state index in [2.05, 4.69) is 31.2 Å². The van der Waals surface area contributed by atoms with Gasteiger partial charge in [0, 0.05) is 22.3 Å². The van der Waals surface area contributed by atoms with Gasteiger partial charge in [0.15, 0.2) is 0 Å². The number of hydrogen-bond donors (Lipinski definition) is 1. The second-order valence-corrected chi connectivity index (χ2v) is 4.44. The molecule has 0 fully saturated rings. The van der Waals surface area contributed by atoms with Gasteiger partial charge in [0.25, 0.3) is 5.91 Å². The van der Waals surface area contributed by atoms with Crippen molar-refractivity contribution in [2.75, 3.05) is 5.32 Å². The summed E-state index contributed by atoms with van der Waals surface area (Å²) in [6.07, 6.45) is 1.24. The molecule has 0 aromatic carbocycles. The maximum Gasteiger partial charge on any atom is 0.257 e. The molecule has 18 heavy (non-hydrogen) atoms. The van der Waals surface area contributed by atoms with Crippen LogP contribution in [0.5, 0.6) is 0 Å². The molecule has 2 aromatic rings. The van der Waals surface area contributed by atoms with Gasteiger partial charge in [-0.15, -0.1) is 0 Å². The Morgan fingerprint density at radius 2 is 2.17 bits per heavy atom. The lowest BCUT2D eigenvalue weighted by Crippen LogP contribution is -2.13. The Morgan fingerprint density at radius 1 is 1.39 bits per heavy atom. The van der Waals surface area contributed by atoms with Crippen LogP contribution in [-0.4, -0.2) is 15.9 Å². The number of hydrogen-bond acceptors (Lipinski definition) is 3. The zero-order chi connectivity index (χ0) is 13.1. The summed E-state index contributed by atoms with van der Waals surface area (Å²) in [6.45, 7) is 1.81. The Morgan fingerprint density at radius 3 is 2.83 bits per heavy atom. The van der Waals surface area contributed by atoms with Crippen molar-refractivity contribution in [3.63, 3.8) is 0 Å². The Hall–Kier alpha value is -1.82. The normalized spacial score (nSPS) is 10.2. The van der Waals surface area contributed by atoms with E-state index in [0.717, 1.165) is 16.2 Å². The third-order valence-corrected chi connectivity index (χ3v) is 3.09. The smallest absolute Gasteiger partial charge is 0.257 e. The summed E-state index contributed by atoms with van der Waals surface area (Å²) in [4.78, 5) is 19.4. The maximum atomic E-state index is 12.9. The number of carbonyl (C=O) groups excluding carboxylic acids is 1. The van der Waals surface area contributed by atoms with E-state index in [-0.39, 0.29) is 5.56 Å². The van der Waals surface area contributed by atoms with Crippen molar-refractivity contribution in [3.8, 4) is 0 Å². The first kappa shape index (κ1) is 12.6. The van der Waals surface area contributed by atoms with E-state index in [0.29, 0.717) is 5.82 Å². The lowest BCUT2D eigenvalue weighted by molar-refractivity contribution is 0.102. The average Bonchev–Trinajstić information content (AvgIpc) is 2.34. The largest absolute Gasteiger partial charge is 0.307 e. The number of halogens is 2. The molecule has 1 amide bonds. The van der Waals surface area contributed by atoms with Crippen molar-refractivity contribution >= 4 is 27.7 Å². The van der Waals surface area contributed by atoms with Crippen molar-refractivity contribution in [1.82, 2.24) is 9.97 Å². The summed E-state index contributed by atoms with van der Waals surface area (Å²) >= 11 is 3.32. The molecule has 1 N–H and O–H groups in total. The standard InChI is InChI=1S/C12H9BrFN3O/c1-7-9(13)2-3-11(16-7)17-12(18)8-4-5-15-10(14)6-8/h2-6H,1H3,(H,16,17,18). The molecule has 2 heterocycles. The second kappa shape index (κ2) is 5.22. The van der Waals surface area contributed by atoms with Gasteiger partial charge < -0.3 is 5.32 Å². The first-order chi connectivity index (χ1) is 8.56. The van der Waals surface area contributed by atoms with Crippen LogP contribution in [0.1, 0.15) is 16.1 Å². The topological polar surface area (TPSA) is 54.9 Å². The van der Waals surface area contributed by atoms with Gasteiger partial charge in [-0.1, -0.05) is 0 Å². The van der Waals surface area contributed by atoms with E-state index in [4.69, 9.17) is 0 Å². The quantitative estimate of drug-likeness (QED) is 0.868. The van der Waals surface area contributed by atoms with E-state index in [1.165, 1.54) is 12.3 Å². The molecular formula is C12H9BrFN3O. The van der Waals surface area contributed by atoms with Crippen LogP contribution in [0.25, 0.3) is 0 Å². The number of amides is 1. The molecule has 0 saturated carbocycles. The van der Waals surface area contributed by atoms with E-state index in [1.54, 1.807) is 12.1 Å². The molecule has 0 aliphatic heterocycles. The molecule has 4 nitrogen and oxygen atoms in total. The van der Waals surface area contributed by atoms with Crippen molar-refractivity contribution in [1.29, 1.82) is 0 Å². The van der Waals surface area contributed by atoms with Gasteiger partial charge in [-0.05, 0) is 41.1 Å². The van der Waals surface area contributed by atoms with Crippen LogP contribution < -0.4 is 5.32 Å². The molecule has 0 saturated heterocycles. The van der Waals surface area contributed by atoms with Crippen LogP contribution in [0.2, 0.25) is 0 Å². The average molecular weight is 310 g/mol. The van der Waals surface area contributed by atoms with E-state index < -0.39 is 11.9 Å². The number of rotatable bonds is 2. The van der Waals surface area contributed by atoms with Crippen LogP contribution in [0.4, 0.5) is 10.2 Å². The van der Waals surface area contributed by atoms with Crippen LogP contribution in [-0.2, 0) is 0 Å². The number of pyridine rings is 2. The molecule has 0 unspecified atom stereocenters. The number of carbonyl (C=O) groups is 1. The number of anilines is 1. The first-order valence-corrected chi connectivity index (χ1v) is 5.91. The molecule has 2 aromatic heterocycles. The highest BCUT2D eigenvalue weighted by Crippen LogP contribution is 2.16. The first-order valence-electron chi connectivity index (χ1n) is 5.12. The van der Waals surface area contributed by atoms with Crippen LogP contribution in [0.3, 0.4) is 0 Å². The third-order valence-electron chi connectivity index (χ3n) is 2.25. The van der Waals surface area contributed by atoms with E-state index in [1.807, 2.05) is 6.92 Å². The highest BCUT2D eigenvalue weighted by molar-refractivity contribution is 9.10. The fourth-order valence-corrected chi connectivity index (χ4v) is 1.57. The summed E-state index contributed by atoms with van der Waals surface area (Å²) < 4.78 is 13.7. The highest BCUT2D eigenvalue weighted by Gasteiger charge is 2.08. The summed E-state index contributed by atoms with van der Waals surface area (Å²) in [5.41, 5.74) is 0.957. The minimum Gasteiger partial charge on any atom is -0.307 e. The maximum absolute atomic E-state index is 12.9. The fourth-order valence-electron chi connectivity index (χ4n) is 1.35. The van der Waals surface area contributed by atoms with Gasteiger partial charge in [0.1, 0.15) is 5.82 Å². The van der Waals surface area contributed by atoms with Crippen molar-refractivity contribution in [2.24, 2.45) is 0 Å². The molecule has 2 rings (SSSR count). The molecule has 0 aliphatic carbocycles. The highest BCUT2D eigenvalue weighted by atomic mass is 79.9. The molecule has 6 heteroatoms. The summed E-state index contributed by atoms with van der Waals surface area (Å²) in [5, 5.41) is 2.59. The number of nitrogens with zero attached hydrogens (tertiary/aromatic N) is 2. The van der Waals surface area contributed by atoms with Gasteiger partial charge in [0.2, 0.25) is 5.95 Å². The summed E-state index contributed by atoms with van der Waals surface area (Å²) in [5.74, 6) is -0.703. The van der Waals surface area contributed by atoms with Crippen molar-refractivity contribution in [3.05, 3.63) is 52.1 Å². The lowest BCUT2D eigenvalue weighted by atomic mass is 10.2. The van der Waals surface area contributed by atoms with Gasteiger partial charge in [-0.2, -0.15) is 4.39 Å². The zero-order valence-electron chi connectivity index (χ0n) is 9.45. The Labute approximate surface area is 111 Å². The minimum absolute atomic E-state index is 0.199. The summed E-state index contributed by atoms with van der Waals surface area (Å²) in [7, 11) is 0. The van der Waals surface area contributed by atoms with Gasteiger partial charge in [0.05, 0.1) is 5.69 Å². The van der Waals surface area contributed by atoms with Crippen LogP contribution in [0, 0.1) is 12.9 Å². The lowest BCUT2D eigenvalue weighted by Gasteiger charge is -2.06. The predicted molar refractivity (Wildman–Crippen MR) is 68.8 cm³/mol. The number of aromatic nitrogens is 2. The minimum atomic E-state index is -0.692.